The van der Waals surface area contributed by atoms with Crippen LogP contribution >= 0.6 is 19.2 Å². The fourth-order valence-electron chi connectivity index (χ4n) is 2.10. The number of hydrogen-bond donors (Lipinski definition) is 0. The lowest BCUT2D eigenvalue weighted by Crippen LogP contribution is -2.01. The summed E-state index contributed by atoms with van der Waals surface area (Å²) in [6, 6.07) is 8.09. The van der Waals surface area contributed by atoms with E-state index in [0.29, 0.717) is 24.7 Å². The van der Waals surface area contributed by atoms with Gasteiger partial charge in [-0.2, -0.15) is 0 Å². The monoisotopic (exact) mass is 326 g/mol. The summed E-state index contributed by atoms with van der Waals surface area (Å²) in [5, 5.41) is 0. The molecule has 2 rings (SSSR count). The molecule has 0 fully saturated rings. The second-order valence-corrected chi connectivity index (χ2v) is 7.06. The lowest BCUT2D eigenvalue weighted by atomic mass is 10.0. The summed E-state index contributed by atoms with van der Waals surface area (Å²) in [5.74, 6) is 2.82. The molecule has 5 heteroatoms. The number of aryl methyl sites for hydroxylation is 1. The van der Waals surface area contributed by atoms with Crippen LogP contribution in [-0.4, -0.2) is 12.5 Å². The van der Waals surface area contributed by atoms with E-state index in [-0.39, 0.29) is 0 Å². The van der Waals surface area contributed by atoms with E-state index >= 15 is 0 Å². The Morgan fingerprint density at radius 2 is 2.00 bits per heavy atom. The van der Waals surface area contributed by atoms with Gasteiger partial charge < -0.3 is 4.52 Å². The molecule has 1 aliphatic rings. The Kier molecular flexibility index (Phi) is 5.69. The molecular weight excluding hydrogens is 307 g/mol. The van der Waals surface area contributed by atoms with Crippen LogP contribution in [0.3, 0.4) is 0 Å². The third-order valence-corrected chi connectivity index (χ3v) is 5.08. The van der Waals surface area contributed by atoms with Gasteiger partial charge in [-0.15, -0.1) is 11.6 Å². The molecule has 0 radical (unpaired) electrons. The maximum atomic E-state index is 12.7. The molecule has 0 N–H and O–H groups in total. The summed E-state index contributed by atoms with van der Waals surface area (Å²) in [5.41, 5.74) is 3.07. The molecule has 0 aliphatic carbocycles. The van der Waals surface area contributed by atoms with Crippen LogP contribution in [0.15, 0.2) is 41.9 Å². The van der Waals surface area contributed by atoms with Gasteiger partial charge >= 0.3 is 7.60 Å². The van der Waals surface area contributed by atoms with Crippen molar-refractivity contribution in [3.05, 3.63) is 53.0 Å². The number of benzene rings is 1. The van der Waals surface area contributed by atoms with Crippen molar-refractivity contribution in [2.24, 2.45) is 0 Å². The molecular formula is C16H20ClO3P. The smallest absolute Gasteiger partial charge is 0.403 e. The Balaban J connectivity index is 2.34. The minimum atomic E-state index is -3.22. The first kappa shape index (κ1) is 16.4. The van der Waals surface area contributed by atoms with Crippen molar-refractivity contribution in [2.75, 3.05) is 12.5 Å². The fourth-order valence-corrected chi connectivity index (χ4v) is 3.81. The highest BCUT2D eigenvalue weighted by Crippen LogP contribution is 2.56. The molecule has 0 spiro atoms. The number of allylic oxidation sites excluding steroid dienone is 3. The van der Waals surface area contributed by atoms with Gasteiger partial charge in [0, 0.05) is 18.1 Å². The standard InChI is InChI=1S/C16H20ClO3P/c1-3-19-21(18)12-15(11-16(20-21)5-4-10-17)14-8-6-13(2)7-9-14/h6-9,11-12H,3-5,10H2,1-2H3. The number of rotatable bonds is 6. The maximum Gasteiger partial charge on any atom is 0.403 e. The summed E-state index contributed by atoms with van der Waals surface area (Å²) in [6.07, 6.45) is 3.36. The van der Waals surface area contributed by atoms with Gasteiger partial charge in [-0.3, -0.25) is 4.52 Å². The van der Waals surface area contributed by atoms with E-state index in [1.807, 2.05) is 37.3 Å². The second kappa shape index (κ2) is 7.31. The van der Waals surface area contributed by atoms with Gasteiger partial charge in [0.25, 0.3) is 0 Å². The van der Waals surface area contributed by atoms with E-state index in [1.165, 1.54) is 5.56 Å². The van der Waals surface area contributed by atoms with E-state index in [4.69, 9.17) is 20.6 Å². The van der Waals surface area contributed by atoms with E-state index in [2.05, 4.69) is 0 Å². The number of hydrogen-bond acceptors (Lipinski definition) is 3. The number of halogens is 1. The van der Waals surface area contributed by atoms with E-state index in [9.17, 15) is 4.57 Å². The normalized spacial score (nSPS) is 21.5. The molecule has 1 atom stereocenters. The molecule has 0 bridgehead atoms. The van der Waals surface area contributed by atoms with Crippen molar-refractivity contribution < 1.29 is 13.6 Å². The predicted molar refractivity (Wildman–Crippen MR) is 87.5 cm³/mol. The summed E-state index contributed by atoms with van der Waals surface area (Å²) in [4.78, 5) is 0. The predicted octanol–water partition coefficient (Wildman–Crippen LogP) is 5.50. The molecule has 0 amide bonds. The average molecular weight is 327 g/mol. The van der Waals surface area contributed by atoms with Crippen molar-refractivity contribution in [1.82, 2.24) is 0 Å². The molecule has 1 aromatic rings. The zero-order chi connectivity index (χ0) is 15.3. The third kappa shape index (κ3) is 4.47. The Bertz CT molecular complexity index is 590. The van der Waals surface area contributed by atoms with Gasteiger partial charge in [0.2, 0.25) is 0 Å². The van der Waals surface area contributed by atoms with Crippen molar-refractivity contribution in [1.29, 1.82) is 0 Å². The third-order valence-electron chi connectivity index (χ3n) is 3.11. The first-order valence-corrected chi connectivity index (χ1v) is 9.21. The van der Waals surface area contributed by atoms with E-state index in [0.717, 1.165) is 17.6 Å². The van der Waals surface area contributed by atoms with Crippen LogP contribution in [0.25, 0.3) is 5.57 Å². The zero-order valence-electron chi connectivity index (χ0n) is 12.3. The molecule has 21 heavy (non-hydrogen) atoms. The highest BCUT2D eigenvalue weighted by molar-refractivity contribution is 7.57. The molecule has 0 aromatic heterocycles. The molecule has 0 saturated heterocycles. The molecule has 1 aliphatic heterocycles. The molecule has 1 unspecified atom stereocenters. The highest BCUT2D eigenvalue weighted by atomic mass is 35.5. The van der Waals surface area contributed by atoms with E-state index in [1.54, 1.807) is 12.7 Å². The second-order valence-electron chi connectivity index (χ2n) is 4.90. The first-order chi connectivity index (χ1) is 10.1. The van der Waals surface area contributed by atoms with Crippen molar-refractivity contribution in [3.63, 3.8) is 0 Å². The summed E-state index contributed by atoms with van der Waals surface area (Å²) < 4.78 is 23.6. The topological polar surface area (TPSA) is 35.5 Å². The van der Waals surface area contributed by atoms with Gasteiger partial charge in [-0.1, -0.05) is 29.8 Å². The van der Waals surface area contributed by atoms with Crippen LogP contribution in [0.4, 0.5) is 0 Å². The van der Waals surface area contributed by atoms with Crippen LogP contribution in [0.5, 0.6) is 0 Å². The lowest BCUT2D eigenvalue weighted by molar-refractivity contribution is 0.253. The van der Waals surface area contributed by atoms with Gasteiger partial charge in [0.1, 0.15) is 5.76 Å². The molecule has 0 saturated carbocycles. The van der Waals surface area contributed by atoms with Crippen molar-refractivity contribution in [2.45, 2.75) is 26.7 Å². The Morgan fingerprint density at radius 1 is 1.29 bits per heavy atom. The molecule has 114 valence electrons. The van der Waals surface area contributed by atoms with Gasteiger partial charge in [-0.05, 0) is 37.5 Å². The van der Waals surface area contributed by atoms with Crippen LogP contribution < -0.4 is 0 Å². The first-order valence-electron chi connectivity index (χ1n) is 7.06. The highest BCUT2D eigenvalue weighted by Gasteiger charge is 2.28. The van der Waals surface area contributed by atoms with Crippen LogP contribution in [0.2, 0.25) is 0 Å². The Hall–Kier alpha value is -1.02. The quantitative estimate of drug-likeness (QED) is 0.511. The van der Waals surface area contributed by atoms with Crippen molar-refractivity contribution in [3.8, 4) is 0 Å². The minimum absolute atomic E-state index is 0.345. The summed E-state index contributed by atoms with van der Waals surface area (Å²) in [6.45, 7) is 4.19. The molecule has 3 nitrogen and oxygen atoms in total. The minimum Gasteiger partial charge on any atom is -0.426 e. The fraction of sp³-hybridized carbons (Fsp3) is 0.375. The average Bonchev–Trinajstić information content (AvgIpc) is 2.45. The summed E-state index contributed by atoms with van der Waals surface area (Å²) in [7, 11) is -3.22. The maximum absolute atomic E-state index is 12.7. The van der Waals surface area contributed by atoms with Gasteiger partial charge in [0.15, 0.2) is 0 Å². The molecule has 1 heterocycles. The zero-order valence-corrected chi connectivity index (χ0v) is 14.0. The van der Waals surface area contributed by atoms with Crippen LogP contribution in [0.1, 0.15) is 30.9 Å². The largest absolute Gasteiger partial charge is 0.426 e. The van der Waals surface area contributed by atoms with Gasteiger partial charge in [-0.25, -0.2) is 4.57 Å². The number of alkyl halides is 1. The SMILES string of the molecule is CCOP1(=O)C=C(c2ccc(C)cc2)C=C(CCCCl)O1. The Morgan fingerprint density at radius 3 is 2.62 bits per heavy atom. The van der Waals surface area contributed by atoms with Crippen LogP contribution in [0, 0.1) is 6.92 Å². The lowest BCUT2D eigenvalue weighted by Gasteiger charge is -2.23. The van der Waals surface area contributed by atoms with Crippen molar-refractivity contribution >= 4 is 24.8 Å². The van der Waals surface area contributed by atoms with Crippen LogP contribution in [-0.2, 0) is 13.6 Å². The Labute approximate surface area is 131 Å². The van der Waals surface area contributed by atoms with Gasteiger partial charge in [0.05, 0.1) is 6.61 Å². The summed E-state index contributed by atoms with van der Waals surface area (Å²) >= 11 is 5.73. The molecule has 1 aromatic carbocycles. The van der Waals surface area contributed by atoms with E-state index < -0.39 is 7.60 Å².